The molecule has 1 aromatic rings. The van der Waals surface area contributed by atoms with Crippen LogP contribution in [-0.2, 0) is 4.79 Å². The lowest BCUT2D eigenvalue weighted by atomic mass is 10.1. The first-order chi connectivity index (χ1) is 9.65. The predicted molar refractivity (Wildman–Crippen MR) is 92.4 cm³/mol. The van der Waals surface area contributed by atoms with Crippen molar-refractivity contribution in [2.45, 2.75) is 19.3 Å². The zero-order valence-electron chi connectivity index (χ0n) is 11.7. The van der Waals surface area contributed by atoms with Crippen LogP contribution in [0, 0.1) is 5.82 Å². The van der Waals surface area contributed by atoms with Gasteiger partial charge >= 0.3 is 0 Å². The molecule has 0 aliphatic carbocycles. The van der Waals surface area contributed by atoms with E-state index in [1.165, 1.54) is 30.7 Å². The van der Waals surface area contributed by atoms with E-state index in [1.54, 1.807) is 0 Å². The maximum Gasteiger partial charge on any atom is 0.246 e. The number of nitrogens with one attached hydrogen (secondary N) is 1. The van der Waals surface area contributed by atoms with E-state index in [0.29, 0.717) is 11.6 Å². The minimum Gasteiger partial charge on any atom is -0.370 e. The van der Waals surface area contributed by atoms with Gasteiger partial charge < -0.3 is 16.0 Å². The topological polar surface area (TPSA) is 70.7 Å². The Morgan fingerprint density at radius 3 is 2.48 bits per heavy atom. The first-order valence-corrected chi connectivity index (χ1v) is 6.75. The zero-order valence-corrected chi connectivity index (χ0v) is 14.0. The molecule has 1 fully saturated rings. The largest absolute Gasteiger partial charge is 0.370 e. The van der Waals surface area contributed by atoms with Crippen molar-refractivity contribution in [1.82, 2.24) is 4.90 Å². The number of rotatable bonds is 3. The summed E-state index contributed by atoms with van der Waals surface area (Å²) in [7, 11) is 0. The average Bonchev–Trinajstić information content (AvgIpc) is 2.48. The van der Waals surface area contributed by atoms with Crippen molar-refractivity contribution < 1.29 is 9.18 Å². The van der Waals surface area contributed by atoms with Gasteiger partial charge in [-0.3, -0.25) is 4.79 Å². The molecule has 1 saturated heterocycles. The third-order valence-electron chi connectivity index (χ3n) is 3.19. The number of hydrogen-bond acceptors (Lipinski definition) is 2. The van der Waals surface area contributed by atoms with E-state index < -0.39 is 0 Å². The molecule has 1 aliphatic rings. The first-order valence-electron chi connectivity index (χ1n) is 6.75. The van der Waals surface area contributed by atoms with Gasteiger partial charge in [0.15, 0.2) is 5.96 Å². The third kappa shape index (κ3) is 5.86. The standard InChI is InChI=1S/C14H19FN4O.HI/c15-11-4-6-12(7-5-11)18-13(20)10-17-14(16)19-8-2-1-3-9-19;/h4-7H,1-3,8-10H2,(H2,16,17)(H,18,20);1H. The third-order valence-corrected chi connectivity index (χ3v) is 3.19. The number of carbonyl (C=O) groups is 1. The summed E-state index contributed by atoms with van der Waals surface area (Å²) < 4.78 is 12.7. The number of anilines is 1. The number of aliphatic imine (C=N–C) groups is 1. The van der Waals surface area contributed by atoms with Crippen LogP contribution >= 0.6 is 24.0 Å². The Morgan fingerprint density at radius 2 is 1.86 bits per heavy atom. The Labute approximate surface area is 140 Å². The minimum absolute atomic E-state index is 0. The van der Waals surface area contributed by atoms with Crippen LogP contribution in [0.1, 0.15) is 19.3 Å². The summed E-state index contributed by atoms with van der Waals surface area (Å²) in [6, 6.07) is 5.60. The molecule has 3 N–H and O–H groups in total. The van der Waals surface area contributed by atoms with E-state index in [9.17, 15) is 9.18 Å². The summed E-state index contributed by atoms with van der Waals surface area (Å²) in [5.74, 6) is -0.189. The highest BCUT2D eigenvalue weighted by Gasteiger charge is 2.12. The fraction of sp³-hybridized carbons (Fsp3) is 0.429. The summed E-state index contributed by atoms with van der Waals surface area (Å²) in [4.78, 5) is 17.8. The van der Waals surface area contributed by atoms with E-state index in [0.717, 1.165) is 25.9 Å². The predicted octanol–water partition coefficient (Wildman–Crippen LogP) is 2.18. The molecule has 0 bridgehead atoms. The van der Waals surface area contributed by atoms with Gasteiger partial charge in [0.05, 0.1) is 0 Å². The molecule has 1 heterocycles. The van der Waals surface area contributed by atoms with Crippen molar-refractivity contribution in [3.05, 3.63) is 30.1 Å². The first kappa shape index (κ1) is 17.7. The van der Waals surface area contributed by atoms with Gasteiger partial charge in [0.1, 0.15) is 12.4 Å². The van der Waals surface area contributed by atoms with E-state index in [-0.39, 0.29) is 42.2 Å². The van der Waals surface area contributed by atoms with Gasteiger partial charge in [-0.15, -0.1) is 24.0 Å². The number of nitrogens with two attached hydrogens (primary N) is 1. The molecule has 0 spiro atoms. The minimum atomic E-state index is -0.338. The van der Waals surface area contributed by atoms with E-state index in [4.69, 9.17) is 5.73 Å². The molecule has 1 amide bonds. The number of piperidine rings is 1. The normalized spacial score (nSPS) is 15.3. The SMILES string of the molecule is I.NC(=NCC(=O)Nc1ccc(F)cc1)N1CCCCC1. The number of guanidine groups is 1. The summed E-state index contributed by atoms with van der Waals surface area (Å²) in [5, 5.41) is 2.64. The van der Waals surface area contributed by atoms with Crippen LogP contribution < -0.4 is 11.1 Å². The van der Waals surface area contributed by atoms with Crippen molar-refractivity contribution in [3.63, 3.8) is 0 Å². The second-order valence-corrected chi connectivity index (χ2v) is 4.78. The summed E-state index contributed by atoms with van der Waals surface area (Å²) in [6.07, 6.45) is 3.44. The van der Waals surface area contributed by atoms with Crippen LogP contribution in [0.3, 0.4) is 0 Å². The molecule has 2 rings (SSSR count). The molecule has 0 atom stereocenters. The number of halogens is 2. The molecule has 5 nitrogen and oxygen atoms in total. The number of hydrogen-bond donors (Lipinski definition) is 2. The van der Waals surface area contributed by atoms with Crippen LogP contribution in [0.5, 0.6) is 0 Å². The fourth-order valence-corrected chi connectivity index (χ4v) is 2.11. The smallest absolute Gasteiger partial charge is 0.246 e. The van der Waals surface area contributed by atoms with Gasteiger partial charge in [0, 0.05) is 18.8 Å². The molecule has 1 aromatic carbocycles. The summed E-state index contributed by atoms with van der Waals surface area (Å²) in [6.45, 7) is 1.77. The summed E-state index contributed by atoms with van der Waals surface area (Å²) in [5.41, 5.74) is 6.40. The fourth-order valence-electron chi connectivity index (χ4n) is 2.11. The Bertz CT molecular complexity index is 486. The van der Waals surface area contributed by atoms with Crippen LogP contribution in [0.4, 0.5) is 10.1 Å². The molecule has 0 saturated carbocycles. The molecule has 21 heavy (non-hydrogen) atoms. The maximum absolute atomic E-state index is 12.7. The molecule has 0 aromatic heterocycles. The van der Waals surface area contributed by atoms with Crippen LogP contribution in [0.25, 0.3) is 0 Å². The summed E-state index contributed by atoms with van der Waals surface area (Å²) >= 11 is 0. The highest BCUT2D eigenvalue weighted by Crippen LogP contribution is 2.09. The van der Waals surface area contributed by atoms with Crippen LogP contribution in [-0.4, -0.2) is 36.4 Å². The number of benzene rings is 1. The number of amides is 1. The molecule has 1 aliphatic heterocycles. The van der Waals surface area contributed by atoms with E-state index >= 15 is 0 Å². The van der Waals surface area contributed by atoms with Gasteiger partial charge in [-0.1, -0.05) is 0 Å². The van der Waals surface area contributed by atoms with Crippen molar-refractivity contribution >= 4 is 41.5 Å². The van der Waals surface area contributed by atoms with Gasteiger partial charge in [0.2, 0.25) is 5.91 Å². The van der Waals surface area contributed by atoms with Gasteiger partial charge in [-0.2, -0.15) is 0 Å². The van der Waals surface area contributed by atoms with Gasteiger partial charge in [-0.25, -0.2) is 9.38 Å². The quantitative estimate of drug-likeness (QED) is 0.459. The van der Waals surface area contributed by atoms with Crippen molar-refractivity contribution in [1.29, 1.82) is 0 Å². The Kier molecular flexibility index (Phi) is 7.41. The molecule has 7 heteroatoms. The Balaban J connectivity index is 0.00000220. The molecule has 0 unspecified atom stereocenters. The number of carbonyl (C=O) groups excluding carboxylic acids is 1. The van der Waals surface area contributed by atoms with Gasteiger partial charge in [-0.05, 0) is 43.5 Å². The van der Waals surface area contributed by atoms with Gasteiger partial charge in [0.25, 0.3) is 0 Å². The highest BCUT2D eigenvalue weighted by molar-refractivity contribution is 14.0. The van der Waals surface area contributed by atoms with E-state index in [1.807, 2.05) is 4.90 Å². The lowest BCUT2D eigenvalue weighted by Gasteiger charge is -2.27. The Morgan fingerprint density at radius 1 is 1.24 bits per heavy atom. The molecule has 0 radical (unpaired) electrons. The zero-order chi connectivity index (χ0) is 14.4. The molecular weight excluding hydrogens is 386 g/mol. The highest BCUT2D eigenvalue weighted by atomic mass is 127. The average molecular weight is 406 g/mol. The molecule has 116 valence electrons. The number of nitrogens with zero attached hydrogens (tertiary/aromatic N) is 2. The van der Waals surface area contributed by atoms with Crippen LogP contribution in [0.15, 0.2) is 29.3 Å². The second kappa shape index (κ2) is 8.81. The van der Waals surface area contributed by atoms with Crippen molar-refractivity contribution in [3.8, 4) is 0 Å². The van der Waals surface area contributed by atoms with Crippen LogP contribution in [0.2, 0.25) is 0 Å². The second-order valence-electron chi connectivity index (χ2n) is 4.78. The Hall–Kier alpha value is -1.38. The lowest BCUT2D eigenvalue weighted by molar-refractivity contribution is -0.114. The number of likely N-dealkylation sites (tertiary alicyclic amines) is 1. The molecular formula is C14H20FIN4O. The monoisotopic (exact) mass is 406 g/mol. The van der Waals surface area contributed by atoms with Crippen molar-refractivity contribution in [2.75, 3.05) is 25.0 Å². The lowest BCUT2D eigenvalue weighted by Crippen LogP contribution is -2.41. The van der Waals surface area contributed by atoms with Crippen molar-refractivity contribution in [2.24, 2.45) is 10.7 Å². The maximum atomic E-state index is 12.7. The van der Waals surface area contributed by atoms with E-state index in [2.05, 4.69) is 10.3 Å².